The Labute approximate surface area is 116 Å². The van der Waals surface area contributed by atoms with Gasteiger partial charge in [-0.3, -0.25) is 0 Å². The molecule has 1 heterocycles. The average Bonchev–Trinajstić information content (AvgIpc) is 2.75. The Bertz CT molecular complexity index is 452. The predicted octanol–water partition coefficient (Wildman–Crippen LogP) is 3.60. The molecule has 98 valence electrons. The number of hydrogen-bond donors (Lipinski definition) is 1. The van der Waals surface area contributed by atoms with Crippen molar-refractivity contribution in [1.29, 1.82) is 0 Å². The van der Waals surface area contributed by atoms with Crippen molar-refractivity contribution >= 4 is 15.9 Å². The number of nitrogens with one attached hydrogen (secondary N) is 1. The summed E-state index contributed by atoms with van der Waals surface area (Å²) in [5.41, 5.74) is 1.61. The first-order chi connectivity index (χ1) is 8.72. The van der Waals surface area contributed by atoms with Crippen molar-refractivity contribution in [2.45, 2.75) is 44.7 Å². The Balaban J connectivity index is 1.73. The molecule has 1 aromatic carbocycles. The molecule has 18 heavy (non-hydrogen) atoms. The molecule has 1 aliphatic carbocycles. The predicted molar refractivity (Wildman–Crippen MR) is 74.0 cm³/mol. The summed E-state index contributed by atoms with van der Waals surface area (Å²) in [6.45, 7) is 3.48. The topological polar surface area (TPSA) is 30.5 Å². The molecule has 0 unspecified atom stereocenters. The van der Waals surface area contributed by atoms with E-state index in [-0.39, 0.29) is 0 Å². The molecule has 3 rings (SSSR count). The maximum Gasteiger partial charge on any atom is 0.231 e. The molecule has 1 N–H and O–H groups in total. The van der Waals surface area contributed by atoms with Crippen LogP contribution in [0.4, 0.5) is 0 Å². The van der Waals surface area contributed by atoms with Gasteiger partial charge in [-0.05, 0) is 43.4 Å². The molecule has 0 bridgehead atoms. The van der Waals surface area contributed by atoms with Gasteiger partial charge >= 0.3 is 0 Å². The highest BCUT2D eigenvalue weighted by Gasteiger charge is 2.34. The number of hydrogen-bond acceptors (Lipinski definition) is 3. The second-order valence-corrected chi connectivity index (χ2v) is 5.99. The van der Waals surface area contributed by atoms with E-state index in [2.05, 4.69) is 34.2 Å². The Hall–Kier alpha value is -0.740. The van der Waals surface area contributed by atoms with Crippen molar-refractivity contribution in [3.05, 3.63) is 22.2 Å². The molecular weight excluding hydrogens is 294 g/mol. The van der Waals surface area contributed by atoms with Crippen LogP contribution in [0.1, 0.15) is 38.2 Å². The summed E-state index contributed by atoms with van der Waals surface area (Å²) < 4.78 is 11.9. The summed E-state index contributed by atoms with van der Waals surface area (Å²) >= 11 is 3.60. The van der Waals surface area contributed by atoms with Gasteiger partial charge in [-0.25, -0.2) is 0 Å². The van der Waals surface area contributed by atoms with E-state index >= 15 is 0 Å². The van der Waals surface area contributed by atoms with Gasteiger partial charge in [-0.2, -0.15) is 0 Å². The largest absolute Gasteiger partial charge is 0.454 e. The summed E-state index contributed by atoms with van der Waals surface area (Å²) in [5, 5.41) is 3.70. The van der Waals surface area contributed by atoms with Crippen LogP contribution in [0.3, 0.4) is 0 Å². The average molecular weight is 312 g/mol. The van der Waals surface area contributed by atoms with Crippen LogP contribution in [0.2, 0.25) is 0 Å². The van der Waals surface area contributed by atoms with Gasteiger partial charge in [0.25, 0.3) is 0 Å². The van der Waals surface area contributed by atoms with Gasteiger partial charge in [0.15, 0.2) is 11.5 Å². The second kappa shape index (κ2) is 4.74. The molecule has 1 saturated carbocycles. The third-order valence-corrected chi connectivity index (χ3v) is 4.92. The fraction of sp³-hybridized carbons (Fsp3) is 0.571. The van der Waals surface area contributed by atoms with E-state index in [0.29, 0.717) is 12.3 Å². The zero-order valence-electron chi connectivity index (χ0n) is 10.6. The lowest BCUT2D eigenvalue weighted by Gasteiger charge is -2.42. The summed E-state index contributed by atoms with van der Waals surface area (Å²) in [5.74, 6) is 1.69. The Morgan fingerprint density at radius 2 is 2.00 bits per heavy atom. The van der Waals surface area contributed by atoms with E-state index in [1.54, 1.807) is 0 Å². The van der Waals surface area contributed by atoms with Gasteiger partial charge in [0.2, 0.25) is 6.79 Å². The van der Waals surface area contributed by atoms with Gasteiger partial charge < -0.3 is 14.8 Å². The summed E-state index contributed by atoms with van der Waals surface area (Å²) in [4.78, 5) is 0. The molecule has 0 amide bonds. The van der Waals surface area contributed by atoms with Gasteiger partial charge in [0.05, 0.1) is 0 Å². The van der Waals surface area contributed by atoms with Crippen LogP contribution in [0, 0.1) is 0 Å². The van der Waals surface area contributed by atoms with Gasteiger partial charge in [0.1, 0.15) is 0 Å². The van der Waals surface area contributed by atoms with E-state index in [1.807, 2.05) is 6.07 Å². The standard InChI is InChI=1S/C14H18BrNO2/c1-2-14(4-3-5-14)16-8-10-6-12-13(7-11(10)15)18-9-17-12/h6-7,16H,2-5,8-9H2,1H3. The van der Waals surface area contributed by atoms with Crippen LogP contribution in [-0.4, -0.2) is 12.3 Å². The van der Waals surface area contributed by atoms with E-state index < -0.39 is 0 Å². The highest BCUT2D eigenvalue weighted by molar-refractivity contribution is 9.10. The van der Waals surface area contributed by atoms with Crippen molar-refractivity contribution < 1.29 is 9.47 Å². The third-order valence-electron chi connectivity index (χ3n) is 4.18. The monoisotopic (exact) mass is 311 g/mol. The minimum atomic E-state index is 0.331. The lowest BCUT2D eigenvalue weighted by molar-refractivity contribution is 0.173. The SMILES string of the molecule is CCC1(NCc2cc3c(cc2Br)OCO3)CCC1. The van der Waals surface area contributed by atoms with Crippen LogP contribution in [0.5, 0.6) is 11.5 Å². The molecule has 1 aromatic rings. The van der Waals surface area contributed by atoms with Gasteiger partial charge in [-0.1, -0.05) is 22.9 Å². The summed E-state index contributed by atoms with van der Waals surface area (Å²) in [7, 11) is 0. The van der Waals surface area contributed by atoms with E-state index in [4.69, 9.17) is 9.47 Å². The van der Waals surface area contributed by atoms with Crippen LogP contribution in [0.25, 0.3) is 0 Å². The number of benzene rings is 1. The maximum absolute atomic E-state index is 5.42. The van der Waals surface area contributed by atoms with E-state index in [9.17, 15) is 0 Å². The molecule has 2 aliphatic rings. The van der Waals surface area contributed by atoms with Crippen LogP contribution in [-0.2, 0) is 6.54 Å². The Morgan fingerprint density at radius 3 is 2.61 bits per heavy atom. The minimum Gasteiger partial charge on any atom is -0.454 e. The Kier molecular flexibility index (Phi) is 3.24. The van der Waals surface area contributed by atoms with Crippen molar-refractivity contribution in [2.75, 3.05) is 6.79 Å². The van der Waals surface area contributed by atoms with Crippen molar-refractivity contribution in [3.63, 3.8) is 0 Å². The maximum atomic E-state index is 5.42. The number of rotatable bonds is 4. The van der Waals surface area contributed by atoms with E-state index in [0.717, 1.165) is 22.5 Å². The van der Waals surface area contributed by atoms with Crippen LogP contribution >= 0.6 is 15.9 Å². The molecule has 4 heteroatoms. The first-order valence-electron chi connectivity index (χ1n) is 6.55. The summed E-state index contributed by atoms with van der Waals surface area (Å²) in [6, 6.07) is 4.07. The molecule has 1 fully saturated rings. The number of ether oxygens (including phenoxy) is 2. The minimum absolute atomic E-state index is 0.331. The molecule has 3 nitrogen and oxygen atoms in total. The highest BCUT2D eigenvalue weighted by Crippen LogP contribution is 2.38. The molecule has 0 radical (unpaired) electrons. The van der Waals surface area contributed by atoms with Crippen LogP contribution < -0.4 is 14.8 Å². The molecule has 0 spiro atoms. The van der Waals surface area contributed by atoms with Crippen molar-refractivity contribution in [1.82, 2.24) is 5.32 Å². The molecule has 1 aliphatic heterocycles. The van der Waals surface area contributed by atoms with Crippen molar-refractivity contribution in [2.24, 2.45) is 0 Å². The molecular formula is C14H18BrNO2. The first-order valence-corrected chi connectivity index (χ1v) is 7.35. The number of halogens is 1. The molecule has 0 aromatic heterocycles. The van der Waals surface area contributed by atoms with E-state index in [1.165, 1.54) is 31.2 Å². The first kappa shape index (κ1) is 12.3. The normalized spacial score (nSPS) is 19.7. The highest BCUT2D eigenvalue weighted by atomic mass is 79.9. The number of fused-ring (bicyclic) bond motifs is 1. The van der Waals surface area contributed by atoms with Crippen molar-refractivity contribution in [3.8, 4) is 11.5 Å². The Morgan fingerprint density at radius 1 is 1.28 bits per heavy atom. The fourth-order valence-electron chi connectivity index (χ4n) is 2.64. The second-order valence-electron chi connectivity index (χ2n) is 5.14. The van der Waals surface area contributed by atoms with Crippen LogP contribution in [0.15, 0.2) is 16.6 Å². The lowest BCUT2D eigenvalue weighted by atomic mass is 9.75. The smallest absolute Gasteiger partial charge is 0.231 e. The fourth-order valence-corrected chi connectivity index (χ4v) is 3.10. The quantitative estimate of drug-likeness (QED) is 0.921. The molecule has 0 atom stereocenters. The zero-order chi connectivity index (χ0) is 12.6. The zero-order valence-corrected chi connectivity index (χ0v) is 12.2. The third kappa shape index (κ3) is 2.12. The molecule has 0 saturated heterocycles. The van der Waals surface area contributed by atoms with Gasteiger partial charge in [0, 0.05) is 16.6 Å². The van der Waals surface area contributed by atoms with Gasteiger partial charge in [-0.15, -0.1) is 0 Å². The lowest BCUT2D eigenvalue weighted by Crippen LogP contribution is -2.49. The summed E-state index contributed by atoms with van der Waals surface area (Å²) in [6.07, 6.45) is 5.15.